The molecule has 0 aromatic heterocycles. The van der Waals surface area contributed by atoms with Gasteiger partial charge in [0.2, 0.25) is 0 Å². The molecule has 1 rings (SSSR count). The molecule has 0 atom stereocenters. The van der Waals surface area contributed by atoms with Gasteiger partial charge in [0.1, 0.15) is 0 Å². The number of rotatable bonds is 5. The van der Waals surface area contributed by atoms with Crippen LogP contribution in [0.1, 0.15) is 13.8 Å². The van der Waals surface area contributed by atoms with Crippen LogP contribution in [0.5, 0.6) is 0 Å². The predicted molar refractivity (Wildman–Crippen MR) is 71.8 cm³/mol. The lowest BCUT2D eigenvalue weighted by Gasteiger charge is -2.09. The summed E-state index contributed by atoms with van der Waals surface area (Å²) < 4.78 is 47.2. The van der Waals surface area contributed by atoms with Crippen LogP contribution in [0.25, 0.3) is 0 Å². The molecule has 102 valence electrons. The Kier molecular flexibility index (Phi) is 4.39. The molecule has 1 aromatic rings. The fourth-order valence-electron chi connectivity index (χ4n) is 1.34. The van der Waals surface area contributed by atoms with E-state index < -0.39 is 30.7 Å². The molecule has 0 radical (unpaired) electrons. The van der Waals surface area contributed by atoms with Gasteiger partial charge in [0.25, 0.3) is 0 Å². The van der Waals surface area contributed by atoms with Crippen molar-refractivity contribution in [3.05, 3.63) is 24.3 Å². The van der Waals surface area contributed by atoms with Gasteiger partial charge in [-0.1, -0.05) is 12.1 Å². The first-order chi connectivity index (χ1) is 8.17. The molecule has 18 heavy (non-hydrogen) atoms. The molecule has 0 fully saturated rings. The molecule has 5 nitrogen and oxygen atoms in total. The number of anilines is 1. The SMILES string of the molecule is CC(C)S(=O)(=O)CCS(=O)(=O)c1ccccc1N. The number of benzene rings is 1. The first-order valence-electron chi connectivity index (χ1n) is 5.45. The lowest BCUT2D eigenvalue weighted by molar-refractivity contribution is 0.582. The summed E-state index contributed by atoms with van der Waals surface area (Å²) in [5, 5.41) is -0.583. The van der Waals surface area contributed by atoms with Gasteiger partial charge in [-0.2, -0.15) is 0 Å². The van der Waals surface area contributed by atoms with Gasteiger partial charge in [0, 0.05) is 0 Å². The second-order valence-electron chi connectivity index (χ2n) is 4.27. The fraction of sp³-hybridized carbons (Fsp3) is 0.455. The van der Waals surface area contributed by atoms with Crippen molar-refractivity contribution in [2.45, 2.75) is 24.0 Å². The number of hydrogen-bond acceptors (Lipinski definition) is 5. The van der Waals surface area contributed by atoms with Gasteiger partial charge in [-0.15, -0.1) is 0 Å². The Labute approximate surface area is 108 Å². The third kappa shape index (κ3) is 3.46. The third-order valence-corrected chi connectivity index (χ3v) is 6.86. The monoisotopic (exact) mass is 291 g/mol. The zero-order valence-corrected chi connectivity index (χ0v) is 12.0. The highest BCUT2D eigenvalue weighted by molar-refractivity contribution is 7.95. The molecule has 0 spiro atoms. The quantitative estimate of drug-likeness (QED) is 0.812. The molecular weight excluding hydrogens is 274 g/mol. The first-order valence-corrected chi connectivity index (χ1v) is 8.82. The van der Waals surface area contributed by atoms with E-state index >= 15 is 0 Å². The van der Waals surface area contributed by atoms with Crippen LogP contribution in [0.4, 0.5) is 5.69 Å². The average molecular weight is 291 g/mol. The lowest BCUT2D eigenvalue weighted by Crippen LogP contribution is -2.24. The van der Waals surface area contributed by atoms with E-state index in [1.54, 1.807) is 12.1 Å². The van der Waals surface area contributed by atoms with Crippen molar-refractivity contribution in [1.29, 1.82) is 0 Å². The van der Waals surface area contributed by atoms with Crippen LogP contribution >= 0.6 is 0 Å². The summed E-state index contributed by atoms with van der Waals surface area (Å²) in [7, 11) is -7.03. The van der Waals surface area contributed by atoms with Crippen molar-refractivity contribution in [3.63, 3.8) is 0 Å². The van der Waals surface area contributed by atoms with Crippen LogP contribution in [0, 0.1) is 0 Å². The van der Waals surface area contributed by atoms with Crippen molar-refractivity contribution in [1.82, 2.24) is 0 Å². The topological polar surface area (TPSA) is 94.3 Å². The first kappa shape index (κ1) is 15.0. The Hall–Kier alpha value is -1.08. The summed E-state index contributed by atoms with van der Waals surface area (Å²) >= 11 is 0. The number of sulfone groups is 2. The number of hydrogen-bond donors (Lipinski definition) is 1. The van der Waals surface area contributed by atoms with Crippen LogP contribution < -0.4 is 5.73 Å². The van der Waals surface area contributed by atoms with Crippen molar-refractivity contribution >= 4 is 25.4 Å². The molecule has 0 aliphatic heterocycles. The maximum Gasteiger partial charge on any atom is 0.181 e. The van der Waals surface area contributed by atoms with Gasteiger partial charge in [0.15, 0.2) is 19.7 Å². The Morgan fingerprint density at radius 1 is 1.06 bits per heavy atom. The predicted octanol–water partition coefficient (Wildman–Crippen LogP) is 0.866. The number of nitrogen functional groups attached to an aromatic ring is 1. The average Bonchev–Trinajstić information content (AvgIpc) is 2.27. The Morgan fingerprint density at radius 2 is 1.61 bits per heavy atom. The molecule has 0 heterocycles. The summed E-state index contributed by atoms with van der Waals surface area (Å²) in [6.07, 6.45) is 0. The number of para-hydroxylation sites is 1. The minimum absolute atomic E-state index is 0.0102. The molecular formula is C11H17NO4S2. The summed E-state index contributed by atoms with van der Waals surface area (Å²) in [4.78, 5) is -0.0102. The van der Waals surface area contributed by atoms with Crippen LogP contribution in [-0.2, 0) is 19.7 Å². The standard InChI is InChI=1S/C11H17NO4S2/c1-9(2)17(13,14)7-8-18(15,16)11-6-4-3-5-10(11)12/h3-6,9H,7-8,12H2,1-2H3. The van der Waals surface area contributed by atoms with E-state index in [1.807, 2.05) is 0 Å². The van der Waals surface area contributed by atoms with Gasteiger partial charge in [-0.25, -0.2) is 16.8 Å². The number of nitrogens with two attached hydrogens (primary N) is 1. The van der Waals surface area contributed by atoms with Gasteiger partial charge in [-0.3, -0.25) is 0 Å². The molecule has 0 amide bonds. The highest BCUT2D eigenvalue weighted by Crippen LogP contribution is 2.19. The third-order valence-electron chi connectivity index (χ3n) is 2.61. The Bertz CT molecular complexity index is 618. The fourth-order valence-corrected chi connectivity index (χ4v) is 4.55. The lowest BCUT2D eigenvalue weighted by atomic mass is 10.3. The Morgan fingerprint density at radius 3 is 2.11 bits per heavy atom. The van der Waals surface area contributed by atoms with Crippen molar-refractivity contribution < 1.29 is 16.8 Å². The molecule has 0 saturated heterocycles. The highest BCUT2D eigenvalue weighted by Gasteiger charge is 2.23. The molecule has 0 aliphatic rings. The molecule has 2 N–H and O–H groups in total. The summed E-state index contributed by atoms with van der Waals surface area (Å²) in [6.45, 7) is 3.05. The van der Waals surface area contributed by atoms with E-state index in [9.17, 15) is 16.8 Å². The summed E-state index contributed by atoms with van der Waals surface area (Å²) in [6, 6.07) is 6.04. The molecule has 0 aliphatic carbocycles. The molecule has 0 unspecified atom stereocenters. The smallest absolute Gasteiger partial charge is 0.181 e. The second kappa shape index (κ2) is 5.27. The van der Waals surface area contributed by atoms with E-state index in [2.05, 4.69) is 0 Å². The summed E-state index contributed by atoms with van der Waals surface area (Å²) in [5.74, 6) is -0.830. The van der Waals surface area contributed by atoms with Crippen LogP contribution in [0.3, 0.4) is 0 Å². The second-order valence-corrected chi connectivity index (χ2v) is 9.03. The minimum atomic E-state index is -3.66. The minimum Gasteiger partial charge on any atom is -0.398 e. The van der Waals surface area contributed by atoms with Gasteiger partial charge in [-0.05, 0) is 26.0 Å². The van der Waals surface area contributed by atoms with E-state index in [4.69, 9.17) is 5.73 Å². The van der Waals surface area contributed by atoms with Crippen LogP contribution in [0.2, 0.25) is 0 Å². The highest BCUT2D eigenvalue weighted by atomic mass is 32.2. The van der Waals surface area contributed by atoms with Crippen molar-refractivity contribution in [3.8, 4) is 0 Å². The van der Waals surface area contributed by atoms with E-state index in [-0.39, 0.29) is 16.3 Å². The maximum absolute atomic E-state index is 12.0. The Balaban J connectivity index is 2.95. The van der Waals surface area contributed by atoms with Gasteiger partial charge in [0.05, 0.1) is 27.3 Å². The molecule has 0 bridgehead atoms. The normalized spacial score (nSPS) is 12.8. The van der Waals surface area contributed by atoms with Gasteiger partial charge >= 0.3 is 0 Å². The largest absolute Gasteiger partial charge is 0.398 e. The van der Waals surface area contributed by atoms with Crippen LogP contribution in [-0.4, -0.2) is 33.6 Å². The van der Waals surface area contributed by atoms with E-state index in [0.29, 0.717) is 0 Å². The zero-order chi connectivity index (χ0) is 14.0. The van der Waals surface area contributed by atoms with E-state index in [0.717, 1.165) is 0 Å². The van der Waals surface area contributed by atoms with Gasteiger partial charge < -0.3 is 5.73 Å². The van der Waals surface area contributed by atoms with Crippen molar-refractivity contribution in [2.24, 2.45) is 0 Å². The summed E-state index contributed by atoms with van der Waals surface area (Å²) in [5.41, 5.74) is 5.72. The van der Waals surface area contributed by atoms with E-state index in [1.165, 1.54) is 26.0 Å². The van der Waals surface area contributed by atoms with Crippen molar-refractivity contribution in [2.75, 3.05) is 17.2 Å². The molecule has 1 aromatic carbocycles. The molecule has 0 saturated carbocycles. The zero-order valence-electron chi connectivity index (χ0n) is 10.3. The maximum atomic E-state index is 12.0. The van der Waals surface area contributed by atoms with Crippen LogP contribution in [0.15, 0.2) is 29.2 Å². The molecule has 7 heteroatoms.